The molecule has 0 saturated carbocycles. The van der Waals surface area contributed by atoms with Crippen molar-refractivity contribution in [3.63, 3.8) is 0 Å². The topological polar surface area (TPSA) is 94.3 Å². The lowest BCUT2D eigenvalue weighted by Gasteiger charge is -2.23. The van der Waals surface area contributed by atoms with E-state index in [1.54, 1.807) is 24.3 Å². The van der Waals surface area contributed by atoms with Gasteiger partial charge in [0.15, 0.2) is 9.84 Å². The van der Waals surface area contributed by atoms with Gasteiger partial charge in [-0.05, 0) is 42.5 Å². The van der Waals surface area contributed by atoms with Crippen LogP contribution in [-0.4, -0.2) is 40.9 Å². The van der Waals surface area contributed by atoms with Crippen molar-refractivity contribution in [2.75, 3.05) is 12.4 Å². The van der Waals surface area contributed by atoms with Crippen LogP contribution in [0.2, 0.25) is 0 Å². The lowest BCUT2D eigenvalue weighted by molar-refractivity contribution is 0.307. The van der Waals surface area contributed by atoms with Crippen LogP contribution < -0.4 is 4.74 Å². The second-order valence-electron chi connectivity index (χ2n) is 11.9. The number of aromatic nitrogens is 3. The number of fused-ring (bicyclic) bond motifs is 1. The summed E-state index contributed by atoms with van der Waals surface area (Å²) in [5.74, 6) is 0.868. The minimum atomic E-state index is -3.42. The average molecular weight is 572 g/mol. The Labute approximate surface area is 241 Å². The average Bonchev–Trinajstić information content (AvgIpc) is 3.33. The molecule has 0 radical (unpaired) electrons. The molecular formula is C32H49N3O4S. The molecule has 0 bridgehead atoms. The monoisotopic (exact) mass is 571 g/mol. The Balaban J connectivity index is 1.70. The number of ether oxygens (including phenoxy) is 1. The van der Waals surface area contributed by atoms with Crippen molar-refractivity contribution < 1.29 is 18.3 Å². The van der Waals surface area contributed by atoms with E-state index in [9.17, 15) is 13.5 Å². The van der Waals surface area contributed by atoms with Crippen molar-refractivity contribution in [1.82, 2.24) is 15.0 Å². The summed E-state index contributed by atoms with van der Waals surface area (Å²) in [6.07, 6.45) is 13.6. The first-order valence-electron chi connectivity index (χ1n) is 15.2. The highest BCUT2D eigenvalue weighted by atomic mass is 32.2. The first kappa shape index (κ1) is 31.9. The van der Waals surface area contributed by atoms with Crippen molar-refractivity contribution in [2.45, 2.75) is 122 Å². The van der Waals surface area contributed by atoms with Crippen LogP contribution in [0, 0.1) is 0 Å². The zero-order valence-electron chi connectivity index (χ0n) is 25.2. The lowest BCUT2D eigenvalue weighted by atomic mass is 9.86. The molecule has 8 heteroatoms. The van der Waals surface area contributed by atoms with Gasteiger partial charge in [0.1, 0.15) is 28.2 Å². The number of nitrogens with zero attached hydrogens (tertiary/aromatic N) is 3. The van der Waals surface area contributed by atoms with Gasteiger partial charge in [0.2, 0.25) is 0 Å². The molecule has 0 fully saturated rings. The fourth-order valence-electron chi connectivity index (χ4n) is 4.83. The molecule has 7 nitrogen and oxygen atoms in total. The summed E-state index contributed by atoms with van der Waals surface area (Å²) in [5.41, 5.74) is 1.85. The number of rotatable bonds is 17. The van der Waals surface area contributed by atoms with E-state index in [-0.39, 0.29) is 21.8 Å². The summed E-state index contributed by atoms with van der Waals surface area (Å²) in [6, 6.07) is 8.50. The Morgan fingerprint density at radius 1 is 0.800 bits per heavy atom. The second kappa shape index (κ2) is 14.9. The SMILES string of the molecule is CCCCCCCCCCCCS(=O)(=O)c1ccc2nn(-c3cc(OCCCC)cc(C(C)(C)C)c3O)nc2c1. The molecule has 0 unspecified atom stereocenters. The highest BCUT2D eigenvalue weighted by Gasteiger charge is 2.24. The number of phenolic OH excluding ortho intramolecular Hbond substituents is 1. The molecule has 2 aromatic carbocycles. The van der Waals surface area contributed by atoms with Crippen LogP contribution in [0.5, 0.6) is 11.5 Å². The smallest absolute Gasteiger partial charge is 0.178 e. The Kier molecular flexibility index (Phi) is 11.9. The first-order chi connectivity index (χ1) is 19.1. The standard InChI is InChI=1S/C32H49N3O4S/c1-6-8-10-11-12-13-14-15-16-17-21-40(37,38)26-18-19-28-29(24-26)34-35(33-28)30-23-25(39-20-9-7-2)22-27(31(30)36)32(3,4)5/h18-19,22-24,36H,6-17,20-21H2,1-5H3. The summed E-state index contributed by atoms with van der Waals surface area (Å²) in [6.45, 7) is 11.0. The molecule has 3 aromatic rings. The van der Waals surface area contributed by atoms with Gasteiger partial charge in [-0.1, -0.05) is 98.8 Å². The van der Waals surface area contributed by atoms with E-state index in [4.69, 9.17) is 4.74 Å². The molecule has 3 rings (SSSR count). The van der Waals surface area contributed by atoms with Crippen LogP contribution in [0.4, 0.5) is 0 Å². The fourth-order valence-corrected chi connectivity index (χ4v) is 6.21. The summed E-state index contributed by atoms with van der Waals surface area (Å²) in [5, 5.41) is 20.3. The second-order valence-corrected chi connectivity index (χ2v) is 14.0. The Hall–Kier alpha value is -2.61. The predicted molar refractivity (Wildman–Crippen MR) is 164 cm³/mol. The van der Waals surface area contributed by atoms with E-state index in [0.717, 1.165) is 31.2 Å². The molecule has 1 N–H and O–H groups in total. The minimum absolute atomic E-state index is 0.0875. The summed E-state index contributed by atoms with van der Waals surface area (Å²) >= 11 is 0. The van der Waals surface area contributed by atoms with Crippen molar-refractivity contribution >= 4 is 20.9 Å². The third-order valence-corrected chi connectivity index (χ3v) is 9.13. The molecule has 1 aromatic heterocycles. The van der Waals surface area contributed by atoms with Crippen LogP contribution in [0.3, 0.4) is 0 Å². The van der Waals surface area contributed by atoms with Crippen LogP contribution in [0.25, 0.3) is 16.7 Å². The van der Waals surface area contributed by atoms with Gasteiger partial charge in [-0.3, -0.25) is 0 Å². The number of sulfone groups is 1. The van der Waals surface area contributed by atoms with Crippen LogP contribution in [-0.2, 0) is 15.3 Å². The molecule has 0 amide bonds. The molecule has 1 heterocycles. The van der Waals surface area contributed by atoms with Crippen molar-refractivity contribution in [3.05, 3.63) is 35.9 Å². The Morgan fingerprint density at radius 2 is 1.40 bits per heavy atom. The van der Waals surface area contributed by atoms with Gasteiger partial charge in [-0.2, -0.15) is 0 Å². The molecule has 40 heavy (non-hydrogen) atoms. The van der Waals surface area contributed by atoms with Gasteiger partial charge < -0.3 is 9.84 Å². The molecular weight excluding hydrogens is 522 g/mol. The molecule has 0 aliphatic heterocycles. The van der Waals surface area contributed by atoms with Crippen LogP contribution >= 0.6 is 0 Å². The molecule has 0 aliphatic rings. The van der Waals surface area contributed by atoms with E-state index in [0.29, 0.717) is 35.5 Å². The molecule has 0 saturated heterocycles. The number of aromatic hydroxyl groups is 1. The van der Waals surface area contributed by atoms with Gasteiger partial charge >= 0.3 is 0 Å². The molecule has 0 spiro atoms. The number of unbranched alkanes of at least 4 members (excludes halogenated alkanes) is 10. The van der Waals surface area contributed by atoms with E-state index in [2.05, 4.69) is 24.0 Å². The molecule has 222 valence electrons. The van der Waals surface area contributed by atoms with Gasteiger partial charge in [0, 0.05) is 11.6 Å². The fraction of sp³-hybridized carbons (Fsp3) is 0.625. The number of hydrogen-bond acceptors (Lipinski definition) is 6. The van der Waals surface area contributed by atoms with Crippen LogP contribution in [0.1, 0.15) is 117 Å². The van der Waals surface area contributed by atoms with E-state index >= 15 is 0 Å². The lowest BCUT2D eigenvalue weighted by Crippen LogP contribution is -2.14. The summed E-state index contributed by atoms with van der Waals surface area (Å²) in [7, 11) is -3.42. The maximum Gasteiger partial charge on any atom is 0.178 e. The predicted octanol–water partition coefficient (Wildman–Crippen LogP) is 8.30. The molecule has 0 atom stereocenters. The van der Waals surface area contributed by atoms with E-state index in [1.807, 2.05) is 26.8 Å². The maximum atomic E-state index is 13.1. The zero-order chi connectivity index (χ0) is 29.2. The normalized spacial score (nSPS) is 12.3. The summed E-state index contributed by atoms with van der Waals surface area (Å²) in [4.78, 5) is 1.64. The molecule has 0 aliphatic carbocycles. The summed E-state index contributed by atoms with van der Waals surface area (Å²) < 4.78 is 32.1. The number of benzene rings is 2. The van der Waals surface area contributed by atoms with E-state index < -0.39 is 9.84 Å². The van der Waals surface area contributed by atoms with Gasteiger partial charge in [0.05, 0.1) is 17.3 Å². The number of hydrogen-bond donors (Lipinski definition) is 1. The third kappa shape index (κ3) is 8.95. The largest absolute Gasteiger partial charge is 0.505 e. The van der Waals surface area contributed by atoms with Crippen molar-refractivity contribution in [1.29, 1.82) is 0 Å². The zero-order valence-corrected chi connectivity index (χ0v) is 26.0. The van der Waals surface area contributed by atoms with E-state index in [1.165, 1.54) is 49.7 Å². The van der Waals surface area contributed by atoms with Crippen LogP contribution in [0.15, 0.2) is 35.2 Å². The quantitative estimate of drug-likeness (QED) is 0.164. The first-order valence-corrected chi connectivity index (χ1v) is 16.8. The highest BCUT2D eigenvalue weighted by molar-refractivity contribution is 7.91. The Bertz CT molecular complexity index is 1330. The third-order valence-electron chi connectivity index (χ3n) is 7.33. The number of phenols is 1. The minimum Gasteiger partial charge on any atom is -0.505 e. The van der Waals surface area contributed by atoms with Crippen molar-refractivity contribution in [3.8, 4) is 17.2 Å². The van der Waals surface area contributed by atoms with Gasteiger partial charge in [-0.15, -0.1) is 15.0 Å². The maximum absolute atomic E-state index is 13.1. The van der Waals surface area contributed by atoms with Gasteiger partial charge in [-0.25, -0.2) is 8.42 Å². The Morgan fingerprint density at radius 3 is 2.02 bits per heavy atom. The van der Waals surface area contributed by atoms with Gasteiger partial charge in [0.25, 0.3) is 0 Å². The van der Waals surface area contributed by atoms with Crippen molar-refractivity contribution in [2.24, 2.45) is 0 Å². The highest BCUT2D eigenvalue weighted by Crippen LogP contribution is 2.38.